The van der Waals surface area contributed by atoms with Gasteiger partial charge in [0.15, 0.2) is 0 Å². The number of aliphatic hydroxyl groups excluding tert-OH is 1. The zero-order valence-electron chi connectivity index (χ0n) is 12.8. The number of amides is 1. The van der Waals surface area contributed by atoms with E-state index in [2.05, 4.69) is 5.32 Å². The largest absolute Gasteiger partial charge is 0.497 e. The molecule has 0 aliphatic carbocycles. The zero-order chi connectivity index (χ0) is 16.7. The van der Waals surface area contributed by atoms with Crippen molar-refractivity contribution in [3.8, 4) is 5.75 Å². The molecule has 0 aliphatic heterocycles. The molecule has 0 aromatic heterocycles. The molecule has 22 heavy (non-hydrogen) atoms. The zero-order valence-corrected chi connectivity index (χ0v) is 13.6. The van der Waals surface area contributed by atoms with Crippen molar-refractivity contribution in [2.24, 2.45) is 0 Å². The van der Waals surface area contributed by atoms with Crippen LogP contribution in [0.5, 0.6) is 5.75 Å². The first-order chi connectivity index (χ1) is 10.3. The lowest BCUT2D eigenvalue weighted by molar-refractivity contribution is -0.140. The van der Waals surface area contributed by atoms with Crippen LogP contribution >= 0.6 is 11.8 Å². The number of carbonyl (C=O) groups excluding carboxylic acids is 1. The SMILES string of the molecule is COc1ccc(C(SC[C@H](NC(C)=O)C(=O)O)C(C)O)cc1. The monoisotopic (exact) mass is 327 g/mol. The highest BCUT2D eigenvalue weighted by Crippen LogP contribution is 2.33. The number of benzene rings is 1. The molecule has 1 rings (SSSR count). The number of hydrogen-bond acceptors (Lipinski definition) is 5. The van der Waals surface area contributed by atoms with Crippen LogP contribution in [0.3, 0.4) is 0 Å². The number of hydrogen-bond donors (Lipinski definition) is 3. The fraction of sp³-hybridized carbons (Fsp3) is 0.467. The maximum atomic E-state index is 11.1. The second-order valence-corrected chi connectivity index (χ2v) is 6.03. The maximum Gasteiger partial charge on any atom is 0.327 e. The Balaban J connectivity index is 2.78. The van der Waals surface area contributed by atoms with E-state index < -0.39 is 24.0 Å². The third-order valence-electron chi connectivity index (χ3n) is 3.00. The van der Waals surface area contributed by atoms with Crippen molar-refractivity contribution in [2.75, 3.05) is 12.9 Å². The van der Waals surface area contributed by atoms with E-state index in [0.717, 1.165) is 5.56 Å². The molecule has 0 aliphatic rings. The van der Waals surface area contributed by atoms with Crippen molar-refractivity contribution in [2.45, 2.75) is 31.2 Å². The smallest absolute Gasteiger partial charge is 0.327 e. The molecule has 0 radical (unpaired) electrons. The van der Waals surface area contributed by atoms with Crippen LogP contribution in [0.1, 0.15) is 24.7 Å². The van der Waals surface area contributed by atoms with Crippen LogP contribution in [0.2, 0.25) is 0 Å². The standard InChI is InChI=1S/C15H21NO5S/c1-9(17)14(11-4-6-12(21-3)7-5-11)22-8-13(15(19)20)16-10(2)18/h4-7,9,13-14,17H,8H2,1-3H3,(H,16,18)(H,19,20)/t9?,13-,14?/m0/s1. The molecule has 1 amide bonds. The highest BCUT2D eigenvalue weighted by atomic mass is 32.2. The van der Waals surface area contributed by atoms with Crippen LogP contribution in [0.4, 0.5) is 0 Å². The van der Waals surface area contributed by atoms with Crippen molar-refractivity contribution in [3.05, 3.63) is 29.8 Å². The molecular formula is C15H21NO5S. The Kier molecular flexibility index (Phi) is 7.20. The summed E-state index contributed by atoms with van der Waals surface area (Å²) in [5, 5.41) is 21.1. The molecule has 6 nitrogen and oxygen atoms in total. The van der Waals surface area contributed by atoms with E-state index in [-0.39, 0.29) is 11.0 Å². The molecule has 7 heteroatoms. The second-order valence-electron chi connectivity index (χ2n) is 4.86. The van der Waals surface area contributed by atoms with Gasteiger partial charge in [-0.1, -0.05) is 12.1 Å². The van der Waals surface area contributed by atoms with Gasteiger partial charge in [0.05, 0.1) is 18.5 Å². The van der Waals surface area contributed by atoms with Crippen molar-refractivity contribution < 1.29 is 24.5 Å². The lowest BCUT2D eigenvalue weighted by atomic mass is 10.1. The number of rotatable bonds is 8. The summed E-state index contributed by atoms with van der Waals surface area (Å²) in [6.07, 6.45) is -0.662. The summed E-state index contributed by atoms with van der Waals surface area (Å²) in [7, 11) is 1.57. The first kappa shape index (κ1) is 18.3. The predicted octanol–water partition coefficient (Wildman–Crippen LogP) is 1.44. The Labute approximate surface area is 133 Å². The van der Waals surface area contributed by atoms with Crippen molar-refractivity contribution >= 4 is 23.6 Å². The van der Waals surface area contributed by atoms with Crippen LogP contribution in [0.15, 0.2) is 24.3 Å². The van der Waals surface area contributed by atoms with Crippen molar-refractivity contribution in [1.82, 2.24) is 5.32 Å². The minimum atomic E-state index is -1.10. The quantitative estimate of drug-likeness (QED) is 0.669. The fourth-order valence-corrected chi connectivity index (χ4v) is 3.18. The molecule has 3 N–H and O–H groups in total. The second kappa shape index (κ2) is 8.65. The van der Waals surface area contributed by atoms with Crippen LogP contribution in [-0.4, -0.2) is 47.1 Å². The van der Waals surface area contributed by atoms with E-state index in [1.807, 2.05) is 12.1 Å². The average Bonchev–Trinajstić information content (AvgIpc) is 2.46. The molecule has 122 valence electrons. The molecule has 0 heterocycles. The van der Waals surface area contributed by atoms with Gasteiger partial charge in [0, 0.05) is 12.7 Å². The lowest BCUT2D eigenvalue weighted by Crippen LogP contribution is -2.41. The van der Waals surface area contributed by atoms with E-state index in [4.69, 9.17) is 9.84 Å². The number of nitrogens with one attached hydrogen (secondary N) is 1. The van der Waals surface area contributed by atoms with E-state index in [1.165, 1.54) is 18.7 Å². The first-order valence-corrected chi connectivity index (χ1v) is 7.83. The van der Waals surface area contributed by atoms with Crippen LogP contribution in [-0.2, 0) is 9.59 Å². The van der Waals surface area contributed by atoms with Gasteiger partial charge in [0.2, 0.25) is 5.91 Å². The van der Waals surface area contributed by atoms with Gasteiger partial charge in [-0.25, -0.2) is 4.79 Å². The molecule has 0 spiro atoms. The molecule has 1 aromatic carbocycles. The molecule has 0 bridgehead atoms. The Morgan fingerprint density at radius 2 is 1.91 bits per heavy atom. The van der Waals surface area contributed by atoms with Gasteiger partial charge >= 0.3 is 5.97 Å². The molecule has 0 saturated heterocycles. The summed E-state index contributed by atoms with van der Waals surface area (Å²) in [6.45, 7) is 2.92. The van der Waals surface area contributed by atoms with E-state index in [9.17, 15) is 14.7 Å². The third kappa shape index (κ3) is 5.57. The Hall–Kier alpha value is -1.73. The highest BCUT2D eigenvalue weighted by molar-refractivity contribution is 7.99. The highest BCUT2D eigenvalue weighted by Gasteiger charge is 2.24. The Morgan fingerprint density at radius 1 is 1.32 bits per heavy atom. The van der Waals surface area contributed by atoms with Gasteiger partial charge in [-0.2, -0.15) is 0 Å². The number of thioether (sulfide) groups is 1. The normalized spacial score (nSPS) is 14.7. The molecule has 0 saturated carbocycles. The molecule has 2 unspecified atom stereocenters. The fourth-order valence-electron chi connectivity index (χ4n) is 1.93. The number of ether oxygens (including phenoxy) is 1. The molecule has 3 atom stereocenters. The van der Waals surface area contributed by atoms with Crippen molar-refractivity contribution in [1.29, 1.82) is 0 Å². The molecular weight excluding hydrogens is 306 g/mol. The predicted molar refractivity (Wildman–Crippen MR) is 85.1 cm³/mol. The summed E-state index contributed by atoms with van der Waals surface area (Å²) in [5.41, 5.74) is 0.868. The van der Waals surface area contributed by atoms with Gasteiger partial charge in [-0.05, 0) is 24.6 Å². The van der Waals surface area contributed by atoms with Crippen LogP contribution in [0.25, 0.3) is 0 Å². The maximum absolute atomic E-state index is 11.1. The van der Waals surface area contributed by atoms with Crippen molar-refractivity contribution in [3.63, 3.8) is 0 Å². The summed E-state index contributed by atoms with van der Waals surface area (Å²) in [4.78, 5) is 22.2. The first-order valence-electron chi connectivity index (χ1n) is 6.78. The minimum Gasteiger partial charge on any atom is -0.497 e. The topological polar surface area (TPSA) is 95.9 Å². The Bertz CT molecular complexity index is 503. The number of aliphatic carboxylic acids is 1. The van der Waals surface area contributed by atoms with Gasteiger partial charge in [0.1, 0.15) is 11.8 Å². The Morgan fingerprint density at radius 3 is 2.32 bits per heavy atom. The van der Waals surface area contributed by atoms with Gasteiger partial charge in [-0.15, -0.1) is 11.8 Å². The summed E-state index contributed by atoms with van der Waals surface area (Å²) in [6, 6.07) is 6.25. The number of carboxylic acid groups (broad SMARTS) is 1. The summed E-state index contributed by atoms with van der Waals surface area (Å²) < 4.78 is 5.09. The number of methoxy groups -OCH3 is 1. The third-order valence-corrected chi connectivity index (χ3v) is 4.55. The summed E-state index contributed by atoms with van der Waals surface area (Å²) >= 11 is 1.29. The van der Waals surface area contributed by atoms with Gasteiger partial charge in [-0.3, -0.25) is 4.79 Å². The van der Waals surface area contributed by atoms with E-state index >= 15 is 0 Å². The van der Waals surface area contributed by atoms with E-state index in [0.29, 0.717) is 5.75 Å². The van der Waals surface area contributed by atoms with E-state index in [1.54, 1.807) is 26.2 Å². The summed E-state index contributed by atoms with van der Waals surface area (Å²) in [5.74, 6) is -0.621. The lowest BCUT2D eigenvalue weighted by Gasteiger charge is -2.22. The van der Waals surface area contributed by atoms with Gasteiger partial charge < -0.3 is 20.3 Å². The van der Waals surface area contributed by atoms with Crippen LogP contribution in [0, 0.1) is 0 Å². The van der Waals surface area contributed by atoms with Crippen LogP contribution < -0.4 is 10.1 Å². The number of carbonyl (C=O) groups is 2. The average molecular weight is 327 g/mol. The molecule has 1 aromatic rings. The number of aliphatic hydroxyl groups is 1. The van der Waals surface area contributed by atoms with Gasteiger partial charge in [0.25, 0.3) is 0 Å². The molecule has 0 fully saturated rings. The number of carboxylic acids is 1. The minimum absolute atomic E-state index is 0.163.